The summed E-state index contributed by atoms with van der Waals surface area (Å²) < 4.78 is 1.78. The predicted molar refractivity (Wildman–Crippen MR) is 101 cm³/mol. The lowest BCUT2D eigenvalue weighted by molar-refractivity contribution is -0.116. The zero-order valence-electron chi connectivity index (χ0n) is 15.0. The lowest BCUT2D eigenvalue weighted by atomic mass is 9.78. The Bertz CT molecular complexity index is 1040. The number of nitrogens with zero attached hydrogens (tertiary/aromatic N) is 4. The van der Waals surface area contributed by atoms with Crippen molar-refractivity contribution < 1.29 is 4.79 Å². The summed E-state index contributed by atoms with van der Waals surface area (Å²) in [6, 6.07) is 12.1. The van der Waals surface area contributed by atoms with Gasteiger partial charge in [0.2, 0.25) is 5.95 Å². The van der Waals surface area contributed by atoms with Crippen molar-refractivity contribution in [3.63, 3.8) is 0 Å². The van der Waals surface area contributed by atoms with Crippen LogP contribution in [0, 0.1) is 6.92 Å². The highest BCUT2D eigenvalue weighted by Gasteiger charge is 2.39. The van der Waals surface area contributed by atoms with E-state index in [0.717, 1.165) is 23.3 Å². The fourth-order valence-corrected chi connectivity index (χ4v) is 4.07. The quantitative estimate of drug-likeness (QED) is 0.761. The lowest BCUT2D eigenvalue weighted by Gasteiger charge is -2.35. The van der Waals surface area contributed by atoms with Gasteiger partial charge in [0.1, 0.15) is 12.4 Å². The van der Waals surface area contributed by atoms with Gasteiger partial charge in [-0.3, -0.25) is 9.78 Å². The fourth-order valence-electron chi connectivity index (χ4n) is 4.07. The van der Waals surface area contributed by atoms with Crippen LogP contribution in [0.1, 0.15) is 41.5 Å². The van der Waals surface area contributed by atoms with Crippen LogP contribution in [0.3, 0.4) is 0 Å². The normalized spacial score (nSPS) is 21.4. The zero-order valence-corrected chi connectivity index (χ0v) is 15.0. The monoisotopic (exact) mass is 357 g/mol. The van der Waals surface area contributed by atoms with Crippen molar-refractivity contribution >= 4 is 11.7 Å². The highest BCUT2D eigenvalue weighted by Crippen LogP contribution is 2.43. The highest BCUT2D eigenvalue weighted by atomic mass is 16.1. The summed E-state index contributed by atoms with van der Waals surface area (Å²) in [7, 11) is 0. The molecular weight excluding hydrogens is 338 g/mol. The van der Waals surface area contributed by atoms with E-state index in [0.29, 0.717) is 12.4 Å². The summed E-state index contributed by atoms with van der Waals surface area (Å²) in [5, 5.41) is 7.70. The molecule has 0 fully saturated rings. The molecule has 3 aromatic rings. The third-order valence-electron chi connectivity index (χ3n) is 5.41. The second kappa shape index (κ2) is 6.16. The average molecular weight is 357 g/mol. The first-order valence-corrected chi connectivity index (χ1v) is 9.10. The van der Waals surface area contributed by atoms with Crippen molar-refractivity contribution in [2.24, 2.45) is 0 Å². The maximum absolute atomic E-state index is 13.2. The van der Waals surface area contributed by atoms with E-state index in [-0.39, 0.29) is 17.7 Å². The molecule has 1 N–H and O–H groups in total. The second-order valence-corrected chi connectivity index (χ2v) is 7.17. The van der Waals surface area contributed by atoms with Crippen molar-refractivity contribution in [2.45, 2.75) is 31.7 Å². The van der Waals surface area contributed by atoms with Crippen LogP contribution in [0.5, 0.6) is 0 Å². The Morgan fingerprint density at radius 3 is 2.74 bits per heavy atom. The summed E-state index contributed by atoms with van der Waals surface area (Å²) in [6.07, 6.45) is 6.34. The molecule has 0 amide bonds. The van der Waals surface area contributed by atoms with Crippen LogP contribution in [0.2, 0.25) is 0 Å². The lowest BCUT2D eigenvalue weighted by Crippen LogP contribution is -2.33. The van der Waals surface area contributed by atoms with E-state index >= 15 is 0 Å². The standard InChI is InChI=1S/C21H19N5O/c1-13-4-6-14(7-5-13)16-9-17-19(18(27)10-16)20(15-3-2-8-22-11-15)26-21(25-17)23-12-24-26/h2-8,11-12,16,20H,9-10H2,1H3,(H,23,24,25)/t16-,20+/m0/s1. The van der Waals surface area contributed by atoms with E-state index in [1.54, 1.807) is 17.1 Å². The summed E-state index contributed by atoms with van der Waals surface area (Å²) in [4.78, 5) is 21.8. The zero-order chi connectivity index (χ0) is 18.4. The molecule has 27 heavy (non-hydrogen) atoms. The number of rotatable bonds is 2. The Morgan fingerprint density at radius 1 is 1.11 bits per heavy atom. The fraction of sp³-hybridized carbons (Fsp3) is 0.238. The number of aromatic nitrogens is 4. The number of benzene rings is 1. The SMILES string of the molecule is Cc1ccc([C@@H]2CC(=O)C3=C(C2)Nc2ncnn2[C@@H]3c2cccnc2)cc1. The van der Waals surface area contributed by atoms with E-state index in [1.807, 2.05) is 12.1 Å². The van der Waals surface area contributed by atoms with Gasteiger partial charge in [-0.15, -0.1) is 0 Å². The van der Waals surface area contributed by atoms with Crippen molar-refractivity contribution in [1.29, 1.82) is 0 Å². The number of anilines is 1. The van der Waals surface area contributed by atoms with Gasteiger partial charge in [0.05, 0.1) is 0 Å². The first-order valence-electron chi connectivity index (χ1n) is 9.10. The molecule has 0 unspecified atom stereocenters. The number of pyridine rings is 1. The van der Waals surface area contributed by atoms with Crippen molar-refractivity contribution in [2.75, 3.05) is 5.32 Å². The number of ketones is 1. The summed E-state index contributed by atoms with van der Waals surface area (Å²) in [5.41, 5.74) is 5.10. The Kier molecular flexibility index (Phi) is 3.63. The van der Waals surface area contributed by atoms with Gasteiger partial charge in [0.15, 0.2) is 5.78 Å². The number of Topliss-reactive ketones (excluding diaryl/α,β-unsaturated/α-hetero) is 1. The number of carbonyl (C=O) groups excluding carboxylic acids is 1. The van der Waals surface area contributed by atoms with E-state index < -0.39 is 0 Å². The maximum atomic E-state index is 13.2. The van der Waals surface area contributed by atoms with Gasteiger partial charge in [0.25, 0.3) is 0 Å². The number of hydrogen-bond donors (Lipinski definition) is 1. The molecule has 3 heterocycles. The second-order valence-electron chi connectivity index (χ2n) is 7.17. The molecule has 0 bridgehead atoms. The largest absolute Gasteiger partial charge is 0.328 e. The number of allylic oxidation sites excluding steroid dienone is 2. The van der Waals surface area contributed by atoms with Crippen LogP contribution in [0.4, 0.5) is 5.95 Å². The molecule has 0 saturated heterocycles. The third kappa shape index (κ3) is 2.65. The molecule has 6 nitrogen and oxygen atoms in total. The number of hydrogen-bond acceptors (Lipinski definition) is 5. The first kappa shape index (κ1) is 15.9. The van der Waals surface area contributed by atoms with Gasteiger partial charge in [-0.25, -0.2) is 4.68 Å². The summed E-state index contributed by atoms with van der Waals surface area (Å²) in [5.74, 6) is 0.998. The minimum Gasteiger partial charge on any atom is -0.328 e. The highest BCUT2D eigenvalue weighted by molar-refractivity contribution is 6.00. The molecule has 5 rings (SSSR count). The molecule has 1 aliphatic carbocycles. The topological polar surface area (TPSA) is 72.7 Å². The minimum absolute atomic E-state index is 0.157. The van der Waals surface area contributed by atoms with Crippen molar-refractivity contribution in [3.05, 3.63) is 83.1 Å². The number of carbonyl (C=O) groups is 1. The molecule has 1 aromatic carbocycles. The van der Waals surface area contributed by atoms with Crippen molar-refractivity contribution in [1.82, 2.24) is 19.7 Å². The van der Waals surface area contributed by atoms with Gasteiger partial charge in [0, 0.05) is 30.1 Å². The van der Waals surface area contributed by atoms with E-state index in [1.165, 1.54) is 17.5 Å². The van der Waals surface area contributed by atoms with Gasteiger partial charge in [-0.1, -0.05) is 35.9 Å². The van der Waals surface area contributed by atoms with Crippen LogP contribution in [0.25, 0.3) is 0 Å². The maximum Gasteiger partial charge on any atom is 0.226 e. The number of nitrogens with one attached hydrogen (secondary N) is 1. The van der Waals surface area contributed by atoms with Crippen molar-refractivity contribution in [3.8, 4) is 0 Å². The van der Waals surface area contributed by atoms with Gasteiger partial charge in [-0.2, -0.15) is 10.1 Å². The van der Waals surface area contributed by atoms with Gasteiger partial charge < -0.3 is 5.32 Å². The summed E-state index contributed by atoms with van der Waals surface area (Å²) in [6.45, 7) is 2.07. The molecule has 1 aliphatic heterocycles. The van der Waals surface area contributed by atoms with Crippen LogP contribution < -0.4 is 5.32 Å². The molecule has 2 aromatic heterocycles. The first-order chi connectivity index (χ1) is 13.2. The van der Waals surface area contributed by atoms with Crippen LogP contribution in [-0.2, 0) is 4.79 Å². The van der Waals surface area contributed by atoms with Crippen LogP contribution in [-0.4, -0.2) is 25.5 Å². The molecule has 0 radical (unpaired) electrons. The van der Waals surface area contributed by atoms with Gasteiger partial charge >= 0.3 is 0 Å². The predicted octanol–water partition coefficient (Wildman–Crippen LogP) is 3.40. The Morgan fingerprint density at radius 2 is 1.96 bits per heavy atom. The van der Waals surface area contributed by atoms with Crippen LogP contribution in [0.15, 0.2) is 66.4 Å². The average Bonchev–Trinajstić information content (AvgIpc) is 3.15. The smallest absolute Gasteiger partial charge is 0.226 e. The Hall–Kier alpha value is -3.28. The molecular formula is C21H19N5O. The van der Waals surface area contributed by atoms with E-state index in [9.17, 15) is 4.79 Å². The number of fused-ring (bicyclic) bond motifs is 1. The molecule has 134 valence electrons. The molecule has 2 aliphatic rings. The van der Waals surface area contributed by atoms with Crippen LogP contribution >= 0.6 is 0 Å². The number of aryl methyl sites for hydroxylation is 1. The Balaban J connectivity index is 1.58. The summed E-state index contributed by atoms with van der Waals surface area (Å²) >= 11 is 0. The molecule has 2 atom stereocenters. The minimum atomic E-state index is -0.279. The third-order valence-corrected chi connectivity index (χ3v) is 5.41. The Labute approximate surface area is 157 Å². The molecule has 6 heteroatoms. The van der Waals surface area contributed by atoms with Gasteiger partial charge in [-0.05, 0) is 36.5 Å². The van der Waals surface area contributed by atoms with E-state index in [2.05, 4.69) is 51.6 Å². The van der Waals surface area contributed by atoms with E-state index in [4.69, 9.17) is 0 Å². The molecule has 0 spiro atoms. The molecule has 0 saturated carbocycles.